The predicted octanol–water partition coefficient (Wildman–Crippen LogP) is 2.69. The van der Waals surface area contributed by atoms with E-state index >= 15 is 0 Å². The van der Waals surface area contributed by atoms with Gasteiger partial charge in [0.25, 0.3) is 0 Å². The highest BCUT2D eigenvalue weighted by Gasteiger charge is 2.06. The maximum atomic E-state index is 13.2. The van der Waals surface area contributed by atoms with E-state index in [1.807, 2.05) is 43.9 Å². The standard InChI is InChI=1S/C18H25FN4O/c1-4-20-18(22-12-15-8-9-23(3)13-15)21-11-14(2)24-17-7-5-6-16(19)10-17/h5-10,13-14H,4,11-12H2,1-3H3,(H2,20,21,22). The van der Waals surface area contributed by atoms with E-state index < -0.39 is 0 Å². The Kier molecular flexibility index (Phi) is 6.66. The molecule has 0 radical (unpaired) electrons. The first-order valence-corrected chi connectivity index (χ1v) is 8.12. The minimum atomic E-state index is -0.301. The Morgan fingerprint density at radius 3 is 2.83 bits per heavy atom. The maximum absolute atomic E-state index is 13.2. The summed E-state index contributed by atoms with van der Waals surface area (Å²) in [5.41, 5.74) is 1.15. The highest BCUT2D eigenvalue weighted by atomic mass is 19.1. The molecule has 1 aromatic carbocycles. The van der Waals surface area contributed by atoms with E-state index in [1.54, 1.807) is 12.1 Å². The Bertz CT molecular complexity index is 669. The van der Waals surface area contributed by atoms with Crippen LogP contribution in [0.25, 0.3) is 0 Å². The van der Waals surface area contributed by atoms with Gasteiger partial charge in [-0.25, -0.2) is 9.38 Å². The molecule has 2 aromatic rings. The first-order chi connectivity index (χ1) is 11.6. The van der Waals surface area contributed by atoms with Crippen molar-refractivity contribution in [1.29, 1.82) is 0 Å². The first kappa shape index (κ1) is 17.8. The molecule has 24 heavy (non-hydrogen) atoms. The minimum absolute atomic E-state index is 0.118. The van der Waals surface area contributed by atoms with E-state index in [0.29, 0.717) is 18.8 Å². The molecular formula is C18H25FN4O. The van der Waals surface area contributed by atoms with E-state index in [2.05, 4.69) is 15.6 Å². The summed E-state index contributed by atoms with van der Waals surface area (Å²) in [5, 5.41) is 6.45. The van der Waals surface area contributed by atoms with Crippen LogP contribution in [0.2, 0.25) is 0 Å². The van der Waals surface area contributed by atoms with Crippen LogP contribution >= 0.6 is 0 Å². The van der Waals surface area contributed by atoms with Gasteiger partial charge in [-0.1, -0.05) is 6.07 Å². The molecule has 0 bridgehead atoms. The summed E-state index contributed by atoms with van der Waals surface area (Å²) in [6.07, 6.45) is 3.93. The Morgan fingerprint density at radius 1 is 1.33 bits per heavy atom. The number of ether oxygens (including phenoxy) is 1. The predicted molar refractivity (Wildman–Crippen MR) is 94.7 cm³/mol. The number of guanidine groups is 1. The van der Waals surface area contributed by atoms with Crippen molar-refractivity contribution in [1.82, 2.24) is 15.2 Å². The van der Waals surface area contributed by atoms with Crippen LogP contribution in [0, 0.1) is 5.82 Å². The number of aliphatic imine (C=N–C) groups is 1. The van der Waals surface area contributed by atoms with Crippen LogP contribution < -0.4 is 15.4 Å². The summed E-state index contributed by atoms with van der Waals surface area (Å²) in [6, 6.07) is 8.20. The van der Waals surface area contributed by atoms with Crippen LogP contribution in [0.4, 0.5) is 4.39 Å². The van der Waals surface area contributed by atoms with Crippen molar-refractivity contribution in [3.8, 4) is 5.75 Å². The number of hydrogen-bond donors (Lipinski definition) is 2. The van der Waals surface area contributed by atoms with Gasteiger partial charge >= 0.3 is 0 Å². The molecule has 2 N–H and O–H groups in total. The Hall–Kier alpha value is -2.50. The van der Waals surface area contributed by atoms with Crippen molar-refractivity contribution in [3.63, 3.8) is 0 Å². The fourth-order valence-corrected chi connectivity index (χ4v) is 2.22. The molecule has 0 saturated carbocycles. The van der Waals surface area contributed by atoms with Crippen molar-refractivity contribution >= 4 is 5.96 Å². The smallest absolute Gasteiger partial charge is 0.191 e. The van der Waals surface area contributed by atoms with Crippen LogP contribution in [0.5, 0.6) is 5.75 Å². The maximum Gasteiger partial charge on any atom is 0.191 e. The number of hydrogen-bond acceptors (Lipinski definition) is 2. The molecule has 1 unspecified atom stereocenters. The third kappa shape index (κ3) is 5.95. The second kappa shape index (κ2) is 8.96. The van der Waals surface area contributed by atoms with Gasteiger partial charge in [0.05, 0.1) is 13.1 Å². The average molecular weight is 332 g/mol. The average Bonchev–Trinajstić information content (AvgIpc) is 2.95. The second-order valence-corrected chi connectivity index (χ2v) is 5.65. The topological polar surface area (TPSA) is 50.6 Å². The molecule has 1 atom stereocenters. The summed E-state index contributed by atoms with van der Waals surface area (Å²) in [7, 11) is 1.99. The highest BCUT2D eigenvalue weighted by molar-refractivity contribution is 5.79. The minimum Gasteiger partial charge on any atom is -0.489 e. The monoisotopic (exact) mass is 332 g/mol. The molecule has 0 aliphatic rings. The van der Waals surface area contributed by atoms with Crippen LogP contribution in [-0.4, -0.2) is 29.7 Å². The molecular weight excluding hydrogens is 307 g/mol. The van der Waals surface area contributed by atoms with Crippen molar-refractivity contribution in [2.24, 2.45) is 12.0 Å². The summed E-state index contributed by atoms with van der Waals surface area (Å²) in [6.45, 7) is 5.90. The highest BCUT2D eigenvalue weighted by Crippen LogP contribution is 2.13. The number of nitrogens with zero attached hydrogens (tertiary/aromatic N) is 2. The molecule has 1 heterocycles. The van der Waals surface area contributed by atoms with Crippen LogP contribution in [0.3, 0.4) is 0 Å². The number of aryl methyl sites for hydroxylation is 1. The van der Waals surface area contributed by atoms with Crippen LogP contribution in [0.1, 0.15) is 19.4 Å². The number of aromatic nitrogens is 1. The van der Waals surface area contributed by atoms with Crippen molar-refractivity contribution in [3.05, 3.63) is 54.1 Å². The van der Waals surface area contributed by atoms with Crippen molar-refractivity contribution in [2.45, 2.75) is 26.5 Å². The number of benzene rings is 1. The van der Waals surface area contributed by atoms with Gasteiger partial charge < -0.3 is 19.9 Å². The Morgan fingerprint density at radius 2 is 2.17 bits per heavy atom. The van der Waals surface area contributed by atoms with Gasteiger partial charge in [0, 0.05) is 32.1 Å². The van der Waals surface area contributed by atoms with E-state index in [0.717, 1.165) is 18.1 Å². The molecule has 130 valence electrons. The zero-order chi connectivity index (χ0) is 17.4. The number of nitrogens with one attached hydrogen (secondary N) is 2. The van der Waals surface area contributed by atoms with Gasteiger partial charge in [0.15, 0.2) is 5.96 Å². The summed E-state index contributed by atoms with van der Waals surface area (Å²) >= 11 is 0. The molecule has 0 amide bonds. The molecule has 1 aromatic heterocycles. The molecule has 0 aliphatic heterocycles. The molecule has 5 nitrogen and oxygen atoms in total. The lowest BCUT2D eigenvalue weighted by atomic mass is 10.3. The third-order valence-electron chi connectivity index (χ3n) is 3.35. The van der Waals surface area contributed by atoms with Crippen molar-refractivity contribution in [2.75, 3.05) is 13.1 Å². The van der Waals surface area contributed by atoms with Gasteiger partial charge in [-0.15, -0.1) is 0 Å². The van der Waals surface area contributed by atoms with Crippen LogP contribution in [0.15, 0.2) is 47.7 Å². The SMILES string of the molecule is CCNC(=NCc1ccn(C)c1)NCC(C)Oc1cccc(F)c1. The zero-order valence-electron chi connectivity index (χ0n) is 14.4. The summed E-state index contributed by atoms with van der Waals surface area (Å²) in [4.78, 5) is 4.56. The Labute approximate surface area is 142 Å². The number of halogens is 1. The summed E-state index contributed by atoms with van der Waals surface area (Å²) in [5.74, 6) is 0.956. The van der Waals surface area contributed by atoms with Gasteiger partial charge in [-0.05, 0) is 37.6 Å². The van der Waals surface area contributed by atoms with E-state index in [-0.39, 0.29) is 11.9 Å². The van der Waals surface area contributed by atoms with E-state index in [4.69, 9.17) is 4.74 Å². The van der Waals surface area contributed by atoms with Gasteiger partial charge in [-0.2, -0.15) is 0 Å². The second-order valence-electron chi connectivity index (χ2n) is 5.65. The van der Waals surface area contributed by atoms with Gasteiger partial charge in [0.2, 0.25) is 0 Å². The molecule has 0 saturated heterocycles. The lowest BCUT2D eigenvalue weighted by Crippen LogP contribution is -2.41. The normalized spacial score (nSPS) is 12.8. The molecule has 0 spiro atoms. The molecule has 6 heteroatoms. The first-order valence-electron chi connectivity index (χ1n) is 8.12. The van der Waals surface area contributed by atoms with Gasteiger partial charge in [-0.3, -0.25) is 0 Å². The van der Waals surface area contributed by atoms with E-state index in [9.17, 15) is 4.39 Å². The number of rotatable bonds is 7. The fourth-order valence-electron chi connectivity index (χ4n) is 2.22. The molecule has 2 rings (SSSR count). The van der Waals surface area contributed by atoms with E-state index in [1.165, 1.54) is 12.1 Å². The van der Waals surface area contributed by atoms with Crippen molar-refractivity contribution < 1.29 is 9.13 Å². The molecule has 0 fully saturated rings. The molecule has 0 aliphatic carbocycles. The lowest BCUT2D eigenvalue weighted by Gasteiger charge is -2.17. The van der Waals surface area contributed by atoms with Gasteiger partial charge in [0.1, 0.15) is 17.7 Å². The Balaban J connectivity index is 1.85. The quantitative estimate of drug-likeness (QED) is 0.605. The fraction of sp³-hybridized carbons (Fsp3) is 0.389. The largest absolute Gasteiger partial charge is 0.489 e. The zero-order valence-corrected chi connectivity index (χ0v) is 14.4. The summed E-state index contributed by atoms with van der Waals surface area (Å²) < 4.78 is 20.9. The lowest BCUT2D eigenvalue weighted by molar-refractivity contribution is 0.223. The van der Waals surface area contributed by atoms with Crippen LogP contribution in [-0.2, 0) is 13.6 Å². The third-order valence-corrected chi connectivity index (χ3v) is 3.35.